The summed E-state index contributed by atoms with van der Waals surface area (Å²) in [5.41, 5.74) is 6.05. The molecule has 0 amide bonds. The summed E-state index contributed by atoms with van der Waals surface area (Å²) in [5.74, 6) is 0.922. The van der Waals surface area contributed by atoms with E-state index in [1.54, 1.807) is 0 Å². The minimum atomic E-state index is -0.475. The quantitative estimate of drug-likeness (QED) is 0.576. The van der Waals surface area contributed by atoms with Crippen molar-refractivity contribution in [2.24, 2.45) is 5.73 Å². The van der Waals surface area contributed by atoms with Crippen LogP contribution in [0.4, 0.5) is 5.69 Å². The van der Waals surface area contributed by atoms with Crippen LogP contribution in [0.3, 0.4) is 0 Å². The van der Waals surface area contributed by atoms with Crippen LogP contribution in [0, 0.1) is 10.1 Å². The molecule has 15 heavy (non-hydrogen) atoms. The molecule has 1 heterocycles. The van der Waals surface area contributed by atoms with Gasteiger partial charge in [-0.05, 0) is 0 Å². The monoisotopic (exact) mass is 210 g/mol. The van der Waals surface area contributed by atoms with Crippen LogP contribution in [-0.2, 0) is 6.54 Å². The number of nitro groups is 1. The Morgan fingerprint density at radius 1 is 1.40 bits per heavy atom. The van der Waals surface area contributed by atoms with Gasteiger partial charge in [0.25, 0.3) is 5.69 Å². The summed E-state index contributed by atoms with van der Waals surface area (Å²) in [5, 5.41) is 10.6. The molecule has 1 aromatic rings. The molecular weight excluding hydrogens is 200 g/mol. The molecular formula is C9H10N2O4. The van der Waals surface area contributed by atoms with E-state index >= 15 is 0 Å². The maximum absolute atomic E-state index is 10.6. The van der Waals surface area contributed by atoms with Crippen LogP contribution in [0.5, 0.6) is 11.5 Å². The van der Waals surface area contributed by atoms with Gasteiger partial charge in [0.05, 0.1) is 11.0 Å². The van der Waals surface area contributed by atoms with Crippen molar-refractivity contribution >= 4 is 5.69 Å². The van der Waals surface area contributed by atoms with E-state index in [9.17, 15) is 10.1 Å². The van der Waals surface area contributed by atoms with E-state index < -0.39 is 4.92 Å². The van der Waals surface area contributed by atoms with Crippen LogP contribution in [0.1, 0.15) is 5.56 Å². The van der Waals surface area contributed by atoms with Gasteiger partial charge in [0, 0.05) is 18.2 Å². The molecule has 1 aromatic carbocycles. The fraction of sp³-hybridized carbons (Fsp3) is 0.333. The van der Waals surface area contributed by atoms with Crippen LogP contribution in [-0.4, -0.2) is 18.1 Å². The van der Waals surface area contributed by atoms with E-state index in [-0.39, 0.29) is 12.2 Å². The predicted molar refractivity (Wildman–Crippen MR) is 52.0 cm³/mol. The molecule has 0 spiro atoms. The predicted octanol–water partition coefficient (Wildman–Crippen LogP) is 0.825. The zero-order valence-electron chi connectivity index (χ0n) is 7.93. The Bertz CT molecular complexity index is 388. The highest BCUT2D eigenvalue weighted by molar-refractivity contribution is 5.54. The average Bonchev–Trinajstić information content (AvgIpc) is 2.27. The summed E-state index contributed by atoms with van der Waals surface area (Å²) < 4.78 is 10.6. The van der Waals surface area contributed by atoms with E-state index in [2.05, 4.69) is 0 Å². The van der Waals surface area contributed by atoms with Crippen molar-refractivity contribution in [1.29, 1.82) is 0 Å². The molecule has 6 heteroatoms. The van der Waals surface area contributed by atoms with Crippen LogP contribution in [0.25, 0.3) is 0 Å². The molecule has 80 valence electrons. The first-order chi connectivity index (χ1) is 7.22. The smallest absolute Gasteiger partial charge is 0.273 e. The third-order valence-corrected chi connectivity index (χ3v) is 2.13. The van der Waals surface area contributed by atoms with Crippen molar-refractivity contribution in [3.8, 4) is 11.5 Å². The zero-order chi connectivity index (χ0) is 10.8. The van der Waals surface area contributed by atoms with Gasteiger partial charge in [0.15, 0.2) is 11.5 Å². The van der Waals surface area contributed by atoms with Crippen LogP contribution >= 0.6 is 0 Å². The SMILES string of the molecule is NCc1cc([N+](=O)[O-])cc2c1OCCO2. The molecule has 0 atom stereocenters. The number of hydrogen-bond donors (Lipinski definition) is 1. The number of fused-ring (bicyclic) bond motifs is 1. The topological polar surface area (TPSA) is 87.6 Å². The summed E-state index contributed by atoms with van der Waals surface area (Å²) in [7, 11) is 0. The molecule has 2 N–H and O–H groups in total. The Morgan fingerprint density at radius 2 is 2.13 bits per heavy atom. The molecule has 1 aliphatic rings. The summed E-state index contributed by atoms with van der Waals surface area (Å²) >= 11 is 0. The summed E-state index contributed by atoms with van der Waals surface area (Å²) in [4.78, 5) is 10.1. The first-order valence-electron chi connectivity index (χ1n) is 4.49. The lowest BCUT2D eigenvalue weighted by Gasteiger charge is -2.20. The van der Waals surface area contributed by atoms with E-state index in [1.165, 1.54) is 12.1 Å². The maximum Gasteiger partial charge on any atom is 0.273 e. The number of nitrogens with two attached hydrogens (primary N) is 1. The van der Waals surface area contributed by atoms with E-state index in [0.717, 1.165) is 0 Å². The fourth-order valence-electron chi connectivity index (χ4n) is 1.47. The third-order valence-electron chi connectivity index (χ3n) is 2.13. The third kappa shape index (κ3) is 1.71. The zero-order valence-corrected chi connectivity index (χ0v) is 7.93. The molecule has 1 aliphatic heterocycles. The molecule has 0 aliphatic carbocycles. The van der Waals surface area contributed by atoms with Crippen molar-refractivity contribution in [3.63, 3.8) is 0 Å². The first kappa shape index (κ1) is 9.72. The molecule has 0 fully saturated rings. The highest BCUT2D eigenvalue weighted by atomic mass is 16.6. The lowest BCUT2D eigenvalue weighted by molar-refractivity contribution is -0.385. The number of rotatable bonds is 2. The van der Waals surface area contributed by atoms with Crippen molar-refractivity contribution in [2.45, 2.75) is 6.54 Å². The number of non-ortho nitro benzene ring substituents is 1. The Morgan fingerprint density at radius 3 is 2.80 bits per heavy atom. The Hall–Kier alpha value is -1.82. The Labute approximate surface area is 85.7 Å². The molecule has 0 unspecified atom stereocenters. The molecule has 6 nitrogen and oxygen atoms in total. The van der Waals surface area contributed by atoms with Crippen molar-refractivity contribution in [3.05, 3.63) is 27.8 Å². The van der Waals surface area contributed by atoms with Gasteiger partial charge in [-0.2, -0.15) is 0 Å². The Balaban J connectivity index is 2.52. The van der Waals surface area contributed by atoms with Crippen LogP contribution < -0.4 is 15.2 Å². The minimum absolute atomic E-state index is 0.0281. The normalized spacial score (nSPS) is 13.7. The molecule has 0 saturated carbocycles. The van der Waals surface area contributed by atoms with Gasteiger partial charge in [0.1, 0.15) is 13.2 Å². The van der Waals surface area contributed by atoms with Crippen LogP contribution in [0.2, 0.25) is 0 Å². The highest BCUT2D eigenvalue weighted by Gasteiger charge is 2.20. The largest absolute Gasteiger partial charge is 0.486 e. The molecule has 0 saturated heterocycles. The van der Waals surface area contributed by atoms with E-state index in [0.29, 0.717) is 30.3 Å². The van der Waals surface area contributed by atoms with Gasteiger partial charge in [-0.25, -0.2) is 0 Å². The summed E-state index contributed by atoms with van der Waals surface area (Å²) in [6, 6.07) is 2.77. The molecule has 2 rings (SSSR count). The van der Waals surface area contributed by atoms with E-state index in [4.69, 9.17) is 15.2 Å². The van der Waals surface area contributed by atoms with Gasteiger partial charge >= 0.3 is 0 Å². The second-order valence-corrected chi connectivity index (χ2v) is 3.09. The number of nitrogens with zero attached hydrogens (tertiary/aromatic N) is 1. The molecule has 0 radical (unpaired) electrons. The second-order valence-electron chi connectivity index (χ2n) is 3.09. The standard InChI is InChI=1S/C9H10N2O4/c10-5-6-3-7(11(12)13)4-8-9(6)15-2-1-14-8/h3-4H,1-2,5,10H2. The van der Waals surface area contributed by atoms with Gasteiger partial charge in [-0.15, -0.1) is 0 Å². The highest BCUT2D eigenvalue weighted by Crippen LogP contribution is 2.37. The number of benzene rings is 1. The van der Waals surface area contributed by atoms with E-state index in [1.807, 2.05) is 0 Å². The molecule has 0 bridgehead atoms. The van der Waals surface area contributed by atoms with Gasteiger partial charge in [-0.1, -0.05) is 0 Å². The Kier molecular flexibility index (Phi) is 2.42. The minimum Gasteiger partial charge on any atom is -0.486 e. The van der Waals surface area contributed by atoms with Crippen molar-refractivity contribution < 1.29 is 14.4 Å². The molecule has 0 aromatic heterocycles. The second kappa shape index (κ2) is 3.74. The van der Waals surface area contributed by atoms with Gasteiger partial charge in [0.2, 0.25) is 0 Å². The maximum atomic E-state index is 10.6. The number of hydrogen-bond acceptors (Lipinski definition) is 5. The number of nitro benzene ring substituents is 1. The first-order valence-corrected chi connectivity index (χ1v) is 4.49. The summed E-state index contributed by atoms with van der Waals surface area (Å²) in [6.07, 6.45) is 0. The fourth-order valence-corrected chi connectivity index (χ4v) is 1.47. The summed E-state index contributed by atoms with van der Waals surface area (Å²) in [6.45, 7) is 1.03. The van der Waals surface area contributed by atoms with Crippen LogP contribution in [0.15, 0.2) is 12.1 Å². The van der Waals surface area contributed by atoms with Gasteiger partial charge < -0.3 is 15.2 Å². The average molecular weight is 210 g/mol. The van der Waals surface area contributed by atoms with Crippen molar-refractivity contribution in [1.82, 2.24) is 0 Å². The lowest BCUT2D eigenvalue weighted by Crippen LogP contribution is -2.17. The van der Waals surface area contributed by atoms with Crippen molar-refractivity contribution in [2.75, 3.05) is 13.2 Å². The lowest BCUT2D eigenvalue weighted by atomic mass is 10.1. The number of ether oxygens (including phenoxy) is 2. The van der Waals surface area contributed by atoms with Gasteiger partial charge in [-0.3, -0.25) is 10.1 Å².